The van der Waals surface area contributed by atoms with Crippen LogP contribution in [0.2, 0.25) is 0 Å². The number of nitrogens with one attached hydrogen (secondary N) is 1. The number of benzene rings is 2. The number of halogens is 1. The first-order chi connectivity index (χ1) is 10.1. The van der Waals surface area contributed by atoms with Gasteiger partial charge in [-0.3, -0.25) is 0 Å². The molecule has 0 saturated carbocycles. The Balaban J connectivity index is 1.82. The van der Waals surface area contributed by atoms with E-state index in [9.17, 15) is 5.11 Å². The largest absolute Gasteiger partial charge is 0.491 e. The highest BCUT2D eigenvalue weighted by Gasteiger charge is 2.07. The second kappa shape index (κ2) is 7.48. The average molecular weight is 350 g/mol. The van der Waals surface area contributed by atoms with Crippen LogP contribution in [0.5, 0.6) is 5.75 Å². The predicted molar refractivity (Wildman–Crippen MR) is 90.0 cm³/mol. The van der Waals surface area contributed by atoms with Crippen LogP contribution in [0, 0.1) is 13.8 Å². The highest BCUT2D eigenvalue weighted by atomic mass is 79.9. The van der Waals surface area contributed by atoms with Crippen LogP contribution in [0.4, 0.5) is 5.69 Å². The lowest BCUT2D eigenvalue weighted by molar-refractivity contribution is 0.117. The van der Waals surface area contributed by atoms with Gasteiger partial charge in [0.05, 0.1) is 0 Å². The summed E-state index contributed by atoms with van der Waals surface area (Å²) in [5.74, 6) is 0.783. The van der Waals surface area contributed by atoms with Gasteiger partial charge in [-0.05, 0) is 59.1 Å². The van der Waals surface area contributed by atoms with Gasteiger partial charge >= 0.3 is 0 Å². The number of aryl methyl sites for hydroxylation is 2. The Morgan fingerprint density at radius 1 is 1.19 bits per heavy atom. The van der Waals surface area contributed by atoms with E-state index in [1.807, 2.05) is 56.3 Å². The van der Waals surface area contributed by atoms with Gasteiger partial charge in [0.15, 0.2) is 0 Å². The zero-order chi connectivity index (χ0) is 15.2. The monoisotopic (exact) mass is 349 g/mol. The topological polar surface area (TPSA) is 41.5 Å². The van der Waals surface area contributed by atoms with E-state index < -0.39 is 6.10 Å². The molecule has 0 aromatic heterocycles. The van der Waals surface area contributed by atoms with E-state index >= 15 is 0 Å². The molecule has 0 amide bonds. The third kappa shape index (κ3) is 4.76. The van der Waals surface area contributed by atoms with Gasteiger partial charge in [-0.15, -0.1) is 0 Å². The summed E-state index contributed by atoms with van der Waals surface area (Å²) in [5, 5.41) is 13.2. The molecule has 3 nitrogen and oxygen atoms in total. The zero-order valence-corrected chi connectivity index (χ0v) is 13.9. The number of ether oxygens (including phenoxy) is 1. The predicted octanol–water partition coefficient (Wildman–Crippen LogP) is 3.92. The van der Waals surface area contributed by atoms with Crippen molar-refractivity contribution >= 4 is 21.6 Å². The molecule has 0 radical (unpaired) electrons. The number of aliphatic hydroxyl groups excluding tert-OH is 1. The zero-order valence-electron chi connectivity index (χ0n) is 12.3. The van der Waals surface area contributed by atoms with Crippen LogP contribution in [0.15, 0.2) is 46.9 Å². The fraction of sp³-hybridized carbons (Fsp3) is 0.294. The lowest BCUT2D eigenvalue weighted by Gasteiger charge is -2.15. The van der Waals surface area contributed by atoms with Gasteiger partial charge in [0.1, 0.15) is 18.5 Å². The van der Waals surface area contributed by atoms with Gasteiger partial charge in [-0.1, -0.05) is 24.3 Å². The molecule has 2 aromatic carbocycles. The molecule has 1 atom stereocenters. The third-order valence-corrected chi connectivity index (χ3v) is 4.20. The summed E-state index contributed by atoms with van der Waals surface area (Å²) in [6.45, 7) is 4.75. The highest BCUT2D eigenvalue weighted by molar-refractivity contribution is 9.10. The lowest BCUT2D eigenvalue weighted by atomic mass is 10.2. The maximum Gasteiger partial charge on any atom is 0.119 e. The minimum Gasteiger partial charge on any atom is -0.491 e. The molecule has 0 aliphatic heterocycles. The van der Waals surface area contributed by atoms with E-state index in [4.69, 9.17) is 4.74 Å². The molecule has 112 valence electrons. The fourth-order valence-electron chi connectivity index (χ4n) is 1.97. The molecular formula is C17H20BrNO2. The third-order valence-electron chi connectivity index (χ3n) is 3.15. The van der Waals surface area contributed by atoms with Crippen LogP contribution in [-0.4, -0.2) is 24.4 Å². The van der Waals surface area contributed by atoms with Gasteiger partial charge in [-0.25, -0.2) is 0 Å². The number of aliphatic hydroxyl groups is 1. The maximum atomic E-state index is 10.00. The quantitative estimate of drug-likeness (QED) is 0.830. The first-order valence-corrected chi connectivity index (χ1v) is 7.72. The molecular weight excluding hydrogens is 330 g/mol. The van der Waals surface area contributed by atoms with Crippen molar-refractivity contribution in [2.75, 3.05) is 18.5 Å². The second-order valence-corrected chi connectivity index (χ2v) is 5.89. The first kappa shape index (κ1) is 15.9. The van der Waals surface area contributed by atoms with Crippen LogP contribution in [-0.2, 0) is 0 Å². The molecule has 0 aliphatic rings. The van der Waals surface area contributed by atoms with Gasteiger partial charge < -0.3 is 15.2 Å². The Morgan fingerprint density at radius 2 is 1.95 bits per heavy atom. The normalized spacial score (nSPS) is 12.0. The Bertz CT molecular complexity index is 601. The molecule has 0 fully saturated rings. The van der Waals surface area contributed by atoms with Crippen molar-refractivity contribution in [2.24, 2.45) is 0 Å². The van der Waals surface area contributed by atoms with Crippen molar-refractivity contribution in [3.63, 3.8) is 0 Å². The number of anilines is 1. The van der Waals surface area contributed by atoms with E-state index in [-0.39, 0.29) is 6.61 Å². The average Bonchev–Trinajstić information content (AvgIpc) is 2.47. The van der Waals surface area contributed by atoms with Gasteiger partial charge in [0, 0.05) is 16.7 Å². The standard InChI is InChI=1S/C17H20BrNO2/c1-12-5-3-7-15(9-12)21-11-14(20)10-19-16-8-4-6-13(2)17(16)18/h3-9,14,19-20H,10-11H2,1-2H3. The van der Waals surface area contributed by atoms with Crippen molar-refractivity contribution in [3.05, 3.63) is 58.1 Å². The summed E-state index contributed by atoms with van der Waals surface area (Å²) >= 11 is 3.54. The van der Waals surface area contributed by atoms with Crippen LogP contribution in [0.3, 0.4) is 0 Å². The highest BCUT2D eigenvalue weighted by Crippen LogP contribution is 2.25. The smallest absolute Gasteiger partial charge is 0.119 e. The van der Waals surface area contributed by atoms with Crippen molar-refractivity contribution < 1.29 is 9.84 Å². The van der Waals surface area contributed by atoms with E-state index in [1.54, 1.807) is 0 Å². The fourth-order valence-corrected chi connectivity index (χ4v) is 2.37. The molecule has 1 unspecified atom stereocenters. The molecule has 0 heterocycles. The summed E-state index contributed by atoms with van der Waals surface area (Å²) in [4.78, 5) is 0. The Kier molecular flexibility index (Phi) is 5.65. The van der Waals surface area contributed by atoms with E-state index in [0.29, 0.717) is 6.54 Å². The van der Waals surface area contributed by atoms with E-state index in [0.717, 1.165) is 27.0 Å². The number of hydrogen-bond acceptors (Lipinski definition) is 3. The summed E-state index contributed by atoms with van der Waals surface area (Å²) in [6, 6.07) is 13.8. The molecule has 4 heteroatoms. The molecule has 0 spiro atoms. The van der Waals surface area contributed by atoms with Crippen molar-refractivity contribution in [3.8, 4) is 5.75 Å². The molecule has 21 heavy (non-hydrogen) atoms. The lowest BCUT2D eigenvalue weighted by Crippen LogP contribution is -2.26. The Hall–Kier alpha value is -1.52. The maximum absolute atomic E-state index is 10.00. The molecule has 2 aromatic rings. The molecule has 2 rings (SSSR count). The Morgan fingerprint density at radius 3 is 2.71 bits per heavy atom. The van der Waals surface area contributed by atoms with Crippen LogP contribution in [0.1, 0.15) is 11.1 Å². The van der Waals surface area contributed by atoms with E-state index in [2.05, 4.69) is 21.2 Å². The van der Waals surface area contributed by atoms with Crippen LogP contribution >= 0.6 is 15.9 Å². The summed E-state index contributed by atoms with van der Waals surface area (Å²) in [7, 11) is 0. The summed E-state index contributed by atoms with van der Waals surface area (Å²) < 4.78 is 6.61. The van der Waals surface area contributed by atoms with Gasteiger partial charge in [0.2, 0.25) is 0 Å². The second-order valence-electron chi connectivity index (χ2n) is 5.10. The summed E-state index contributed by atoms with van der Waals surface area (Å²) in [5.41, 5.74) is 3.28. The summed E-state index contributed by atoms with van der Waals surface area (Å²) in [6.07, 6.45) is -0.571. The Labute approximate surface area is 134 Å². The van der Waals surface area contributed by atoms with Crippen LogP contribution < -0.4 is 10.1 Å². The van der Waals surface area contributed by atoms with Crippen molar-refractivity contribution in [1.82, 2.24) is 0 Å². The molecule has 0 bridgehead atoms. The van der Waals surface area contributed by atoms with Crippen molar-refractivity contribution in [2.45, 2.75) is 20.0 Å². The molecule has 0 aliphatic carbocycles. The van der Waals surface area contributed by atoms with Gasteiger partial charge in [-0.2, -0.15) is 0 Å². The number of rotatable bonds is 6. The van der Waals surface area contributed by atoms with E-state index in [1.165, 1.54) is 0 Å². The number of hydrogen-bond donors (Lipinski definition) is 2. The minimum atomic E-state index is -0.571. The molecule has 2 N–H and O–H groups in total. The van der Waals surface area contributed by atoms with Crippen molar-refractivity contribution in [1.29, 1.82) is 0 Å². The SMILES string of the molecule is Cc1cccc(OCC(O)CNc2cccc(C)c2Br)c1. The van der Waals surface area contributed by atoms with Crippen LogP contribution in [0.25, 0.3) is 0 Å². The minimum absolute atomic E-state index is 0.264. The van der Waals surface area contributed by atoms with Gasteiger partial charge in [0.25, 0.3) is 0 Å². The molecule has 0 saturated heterocycles. The first-order valence-electron chi connectivity index (χ1n) is 6.93.